The van der Waals surface area contributed by atoms with Gasteiger partial charge in [0.15, 0.2) is 0 Å². The molecule has 2 aliphatic rings. The van der Waals surface area contributed by atoms with Crippen molar-refractivity contribution in [2.24, 2.45) is 11.8 Å². The standard InChI is InChI=1S/C20H32O3/c1-13(2)16-7-6-15(4)19-18(23-19)11-14(3)10-17(21)12-20(5,22)9-8-16/h8-10,13,16-19,21-22H,4,6-7,11-12H2,1-3,5H3. The molecule has 3 nitrogen and oxygen atoms in total. The molecule has 1 heterocycles. The zero-order chi connectivity index (χ0) is 17.2. The first-order chi connectivity index (χ1) is 10.7. The van der Waals surface area contributed by atoms with Crippen LogP contribution >= 0.6 is 0 Å². The number of aliphatic hydroxyl groups excluding tert-OH is 1. The van der Waals surface area contributed by atoms with Crippen molar-refractivity contribution in [1.29, 1.82) is 0 Å². The Labute approximate surface area is 140 Å². The zero-order valence-electron chi connectivity index (χ0n) is 15.0. The maximum atomic E-state index is 10.5. The van der Waals surface area contributed by atoms with Gasteiger partial charge < -0.3 is 14.9 Å². The largest absolute Gasteiger partial charge is 0.389 e. The molecule has 0 amide bonds. The Bertz CT molecular complexity index is 487. The minimum Gasteiger partial charge on any atom is -0.389 e. The van der Waals surface area contributed by atoms with Gasteiger partial charge in [-0.25, -0.2) is 0 Å². The number of ether oxygens (including phenoxy) is 1. The molecular formula is C20H32O3. The van der Waals surface area contributed by atoms with Crippen LogP contribution in [0, 0.1) is 11.8 Å². The second kappa shape index (κ2) is 7.33. The number of fused-ring (bicyclic) bond motifs is 1. The Hall–Kier alpha value is -0.900. The van der Waals surface area contributed by atoms with Gasteiger partial charge in [-0.1, -0.05) is 44.2 Å². The van der Waals surface area contributed by atoms with E-state index in [1.165, 1.54) is 5.57 Å². The van der Waals surface area contributed by atoms with E-state index in [1.54, 1.807) is 6.92 Å². The lowest BCUT2D eigenvalue weighted by Gasteiger charge is -2.24. The van der Waals surface area contributed by atoms with Crippen LogP contribution in [-0.4, -0.2) is 34.1 Å². The average molecular weight is 320 g/mol. The van der Waals surface area contributed by atoms with E-state index < -0.39 is 11.7 Å². The van der Waals surface area contributed by atoms with Crippen LogP contribution in [0.5, 0.6) is 0 Å². The second-order valence-electron chi connectivity index (χ2n) is 7.90. The Balaban J connectivity index is 2.18. The van der Waals surface area contributed by atoms with E-state index in [-0.39, 0.29) is 12.2 Å². The molecule has 1 aliphatic heterocycles. The molecule has 3 heteroatoms. The number of rotatable bonds is 1. The van der Waals surface area contributed by atoms with E-state index in [0.29, 0.717) is 18.3 Å². The molecule has 0 saturated carbocycles. The van der Waals surface area contributed by atoms with Gasteiger partial charge in [0, 0.05) is 6.42 Å². The average Bonchev–Trinajstić information content (AvgIpc) is 3.14. The van der Waals surface area contributed by atoms with Crippen LogP contribution in [0.3, 0.4) is 0 Å². The Kier molecular flexibility index (Phi) is 5.88. The van der Waals surface area contributed by atoms with Crippen molar-refractivity contribution < 1.29 is 14.9 Å². The lowest BCUT2D eigenvalue weighted by atomic mass is 9.86. The van der Waals surface area contributed by atoms with Crippen LogP contribution in [0.25, 0.3) is 0 Å². The van der Waals surface area contributed by atoms with E-state index >= 15 is 0 Å². The SMILES string of the molecule is C=C1CCC(C(C)C)C=CC(C)(O)CC(O)C=C(C)CC2OC12. The lowest BCUT2D eigenvalue weighted by molar-refractivity contribution is 0.0565. The third-order valence-electron chi connectivity index (χ3n) is 4.96. The summed E-state index contributed by atoms with van der Waals surface area (Å²) in [5.74, 6) is 0.901. The summed E-state index contributed by atoms with van der Waals surface area (Å²) < 4.78 is 5.76. The van der Waals surface area contributed by atoms with Crippen molar-refractivity contribution in [3.8, 4) is 0 Å². The summed E-state index contributed by atoms with van der Waals surface area (Å²) >= 11 is 0. The van der Waals surface area contributed by atoms with Crippen molar-refractivity contribution in [2.45, 2.75) is 77.3 Å². The molecular weight excluding hydrogens is 288 g/mol. The number of allylic oxidation sites excluding steroid dienone is 1. The lowest BCUT2D eigenvalue weighted by Crippen LogP contribution is -2.27. The van der Waals surface area contributed by atoms with Crippen LogP contribution < -0.4 is 0 Å². The molecule has 0 aromatic rings. The molecule has 0 aromatic carbocycles. The van der Waals surface area contributed by atoms with Gasteiger partial charge in [-0.2, -0.15) is 0 Å². The van der Waals surface area contributed by atoms with Gasteiger partial charge in [0.2, 0.25) is 0 Å². The summed E-state index contributed by atoms with van der Waals surface area (Å²) in [6.45, 7) is 12.4. The summed E-state index contributed by atoms with van der Waals surface area (Å²) in [5, 5.41) is 20.8. The van der Waals surface area contributed by atoms with Crippen molar-refractivity contribution in [3.05, 3.63) is 36.0 Å². The third kappa shape index (κ3) is 5.59. The number of epoxide rings is 1. The van der Waals surface area contributed by atoms with E-state index in [0.717, 1.165) is 24.8 Å². The highest BCUT2D eigenvalue weighted by atomic mass is 16.6. The minimum absolute atomic E-state index is 0.179. The summed E-state index contributed by atoms with van der Waals surface area (Å²) in [5.41, 5.74) is 1.28. The van der Waals surface area contributed by atoms with Crippen molar-refractivity contribution in [2.75, 3.05) is 0 Å². The van der Waals surface area contributed by atoms with Crippen LogP contribution in [0.2, 0.25) is 0 Å². The highest BCUT2D eigenvalue weighted by molar-refractivity contribution is 5.18. The van der Waals surface area contributed by atoms with Crippen LogP contribution in [0.15, 0.2) is 36.0 Å². The molecule has 130 valence electrons. The van der Waals surface area contributed by atoms with Gasteiger partial charge in [-0.3, -0.25) is 0 Å². The molecule has 1 saturated heterocycles. The van der Waals surface area contributed by atoms with Gasteiger partial charge >= 0.3 is 0 Å². The molecule has 0 radical (unpaired) electrons. The zero-order valence-corrected chi connectivity index (χ0v) is 15.0. The van der Waals surface area contributed by atoms with Crippen molar-refractivity contribution in [1.82, 2.24) is 0 Å². The Morgan fingerprint density at radius 3 is 2.74 bits per heavy atom. The van der Waals surface area contributed by atoms with Gasteiger partial charge in [-0.15, -0.1) is 0 Å². The number of hydrogen-bond acceptors (Lipinski definition) is 3. The molecule has 2 N–H and O–H groups in total. The molecule has 5 atom stereocenters. The van der Waals surface area contributed by atoms with Gasteiger partial charge in [0.05, 0.1) is 17.8 Å². The topological polar surface area (TPSA) is 53.0 Å². The smallest absolute Gasteiger partial charge is 0.105 e. The highest BCUT2D eigenvalue weighted by Crippen LogP contribution is 2.36. The Morgan fingerprint density at radius 2 is 2.09 bits per heavy atom. The molecule has 0 bridgehead atoms. The fourth-order valence-electron chi connectivity index (χ4n) is 3.40. The molecule has 0 spiro atoms. The van der Waals surface area contributed by atoms with E-state index in [2.05, 4.69) is 26.5 Å². The second-order valence-corrected chi connectivity index (χ2v) is 7.90. The molecule has 0 aromatic heterocycles. The summed E-state index contributed by atoms with van der Waals surface area (Å²) in [6, 6.07) is 0. The normalized spacial score (nSPS) is 39.6. The first kappa shape index (κ1) is 18.4. The predicted octanol–water partition coefficient (Wildman–Crippen LogP) is 3.77. The summed E-state index contributed by atoms with van der Waals surface area (Å²) in [7, 11) is 0. The third-order valence-corrected chi connectivity index (χ3v) is 4.96. The molecule has 5 unspecified atom stereocenters. The number of hydrogen-bond donors (Lipinski definition) is 2. The first-order valence-corrected chi connectivity index (χ1v) is 8.78. The van der Waals surface area contributed by atoms with Crippen LogP contribution in [-0.2, 0) is 4.74 Å². The molecule has 1 aliphatic carbocycles. The minimum atomic E-state index is -0.997. The van der Waals surface area contributed by atoms with Gasteiger partial charge in [0.25, 0.3) is 0 Å². The maximum absolute atomic E-state index is 10.5. The number of aliphatic hydroxyl groups is 2. The fraction of sp³-hybridized carbons (Fsp3) is 0.700. The highest BCUT2D eigenvalue weighted by Gasteiger charge is 2.40. The predicted molar refractivity (Wildman–Crippen MR) is 94.1 cm³/mol. The van der Waals surface area contributed by atoms with Gasteiger partial charge in [-0.05, 0) is 50.5 Å². The van der Waals surface area contributed by atoms with Crippen molar-refractivity contribution in [3.63, 3.8) is 0 Å². The first-order valence-electron chi connectivity index (χ1n) is 8.78. The fourth-order valence-corrected chi connectivity index (χ4v) is 3.40. The Morgan fingerprint density at radius 1 is 1.39 bits per heavy atom. The summed E-state index contributed by atoms with van der Waals surface area (Å²) in [6.07, 6.45) is 8.67. The van der Waals surface area contributed by atoms with Crippen molar-refractivity contribution >= 4 is 0 Å². The molecule has 2 rings (SSSR count). The monoisotopic (exact) mass is 320 g/mol. The van der Waals surface area contributed by atoms with E-state index in [9.17, 15) is 10.2 Å². The molecule has 1 fully saturated rings. The van der Waals surface area contributed by atoms with Crippen LogP contribution in [0.4, 0.5) is 0 Å². The van der Waals surface area contributed by atoms with Gasteiger partial charge in [0.1, 0.15) is 6.10 Å². The van der Waals surface area contributed by atoms with E-state index in [1.807, 2.05) is 19.1 Å². The maximum Gasteiger partial charge on any atom is 0.105 e. The van der Waals surface area contributed by atoms with Crippen LogP contribution in [0.1, 0.15) is 53.4 Å². The molecule has 23 heavy (non-hydrogen) atoms. The van der Waals surface area contributed by atoms with E-state index in [4.69, 9.17) is 4.74 Å². The quantitative estimate of drug-likeness (QED) is 0.571. The summed E-state index contributed by atoms with van der Waals surface area (Å²) in [4.78, 5) is 0.